The van der Waals surface area contributed by atoms with Crippen LogP contribution in [0.1, 0.15) is 29.8 Å². The maximum atomic E-state index is 15.5. The molecule has 3 aliphatic heterocycles. The third-order valence-corrected chi connectivity index (χ3v) is 7.06. The minimum Gasteiger partial charge on any atom is -0.394 e. The predicted molar refractivity (Wildman–Crippen MR) is 151 cm³/mol. The van der Waals surface area contributed by atoms with Gasteiger partial charge in [-0.25, -0.2) is 0 Å². The summed E-state index contributed by atoms with van der Waals surface area (Å²) in [7, 11) is 0. The van der Waals surface area contributed by atoms with Crippen molar-refractivity contribution in [1.29, 1.82) is 0 Å². The molecule has 0 saturated heterocycles. The number of fused-ring (bicyclic) bond motifs is 2. The van der Waals surface area contributed by atoms with Crippen LogP contribution < -0.4 is 5.32 Å². The van der Waals surface area contributed by atoms with Gasteiger partial charge in [-0.2, -0.15) is 0 Å². The highest BCUT2D eigenvalue weighted by Crippen LogP contribution is 2.34. The highest BCUT2D eigenvalue weighted by atomic mass is 19.2. The van der Waals surface area contributed by atoms with Gasteiger partial charge in [0.1, 0.15) is 5.71 Å². The molecular formula is C28H37BF2N4O7. The molecule has 1 aromatic heterocycles. The Bertz CT molecular complexity index is 1290. The molecule has 0 atom stereocenters. The van der Waals surface area contributed by atoms with Gasteiger partial charge in [0.15, 0.2) is 5.70 Å². The van der Waals surface area contributed by atoms with E-state index >= 15 is 8.63 Å². The van der Waals surface area contributed by atoms with Crippen LogP contribution in [0.25, 0.3) is 6.08 Å². The number of nitrogens with zero attached hydrogens (tertiary/aromatic N) is 3. The number of aromatic nitrogens is 1. The number of halogens is 2. The number of hydrogen-bond acceptors (Lipinski definition) is 7. The minimum atomic E-state index is -4.03. The second kappa shape index (κ2) is 14.6. The Morgan fingerprint density at radius 2 is 1.48 bits per heavy atom. The van der Waals surface area contributed by atoms with Gasteiger partial charge in [-0.05, 0) is 31.2 Å². The monoisotopic (exact) mass is 590 g/mol. The highest BCUT2D eigenvalue weighted by molar-refractivity contribution is 6.58. The van der Waals surface area contributed by atoms with Crippen LogP contribution >= 0.6 is 0 Å². The molecule has 4 heterocycles. The molecule has 1 aromatic rings. The Morgan fingerprint density at radius 1 is 0.881 bits per heavy atom. The van der Waals surface area contributed by atoms with E-state index < -0.39 is 6.97 Å². The van der Waals surface area contributed by atoms with E-state index in [0.29, 0.717) is 75.6 Å². The van der Waals surface area contributed by atoms with E-state index in [1.54, 1.807) is 31.2 Å². The van der Waals surface area contributed by atoms with E-state index in [2.05, 4.69) is 5.32 Å². The van der Waals surface area contributed by atoms with Gasteiger partial charge >= 0.3 is 6.97 Å². The van der Waals surface area contributed by atoms with E-state index in [1.807, 2.05) is 6.92 Å². The lowest BCUT2D eigenvalue weighted by Gasteiger charge is -2.30. The van der Waals surface area contributed by atoms with Crippen molar-refractivity contribution >= 4 is 36.5 Å². The van der Waals surface area contributed by atoms with E-state index in [4.69, 9.17) is 18.9 Å². The number of nitrogens with one attached hydrogen (secondary N) is 1. The van der Waals surface area contributed by atoms with Gasteiger partial charge in [-0.1, -0.05) is 0 Å². The molecule has 0 spiro atoms. The molecule has 0 unspecified atom stereocenters. The first-order chi connectivity index (χ1) is 20.2. The summed E-state index contributed by atoms with van der Waals surface area (Å²) in [6.07, 6.45) is 7.87. The number of ether oxygens (including phenoxy) is 4. The maximum absolute atomic E-state index is 15.5. The molecule has 228 valence electrons. The summed E-state index contributed by atoms with van der Waals surface area (Å²) in [6.45, 7) is 2.74. The van der Waals surface area contributed by atoms with Crippen molar-refractivity contribution in [2.24, 2.45) is 0 Å². The molecule has 0 radical (unpaired) electrons. The van der Waals surface area contributed by atoms with E-state index in [0.717, 1.165) is 19.4 Å². The fourth-order valence-electron chi connectivity index (χ4n) is 5.06. The molecular weight excluding hydrogens is 553 g/mol. The van der Waals surface area contributed by atoms with Gasteiger partial charge in [0.25, 0.3) is 11.8 Å². The van der Waals surface area contributed by atoms with Crippen LogP contribution in [0.2, 0.25) is 0 Å². The van der Waals surface area contributed by atoms with Crippen molar-refractivity contribution in [2.45, 2.75) is 26.7 Å². The molecule has 42 heavy (non-hydrogen) atoms. The Hall–Kier alpha value is -3.46. The van der Waals surface area contributed by atoms with Crippen molar-refractivity contribution < 1.29 is 46.4 Å². The summed E-state index contributed by atoms with van der Waals surface area (Å²) < 4.78 is 54.7. The molecule has 4 rings (SSSR count). The zero-order valence-electron chi connectivity index (χ0n) is 24.0. The van der Waals surface area contributed by atoms with Gasteiger partial charge in [0, 0.05) is 55.5 Å². The van der Waals surface area contributed by atoms with Crippen LogP contribution in [0.5, 0.6) is 0 Å². The molecule has 0 aromatic carbocycles. The van der Waals surface area contributed by atoms with Crippen LogP contribution in [0.4, 0.5) is 8.63 Å². The molecule has 0 fully saturated rings. The lowest BCUT2D eigenvalue weighted by molar-refractivity contribution is -0.362. The standard InChI is InChI=1S/C28H37BF2N4O7/c1-21-19-22(2)34-25(21)20-24-4-3-23(35(24)29(34,30)31)5-6-26(36)32-9-11-39-13-15-41-17-18-42-16-14-40-12-10-33-27(37)7-8-28(33)38/h3-4,7-8,19-20H,5-6,9-18H2,1-2H3,(H,32,36). The average molecular weight is 590 g/mol. The van der Waals surface area contributed by atoms with Crippen LogP contribution in [0, 0.1) is 13.8 Å². The smallest absolute Gasteiger partial charge is 0.394 e. The molecule has 3 amide bonds. The van der Waals surface area contributed by atoms with E-state index in [1.165, 1.54) is 12.2 Å². The molecule has 0 bridgehead atoms. The lowest BCUT2D eigenvalue weighted by atomic mass is 9.90. The van der Waals surface area contributed by atoms with Gasteiger partial charge in [-0.3, -0.25) is 19.3 Å². The van der Waals surface area contributed by atoms with Gasteiger partial charge in [0.05, 0.1) is 59.4 Å². The number of amides is 3. The van der Waals surface area contributed by atoms with Crippen molar-refractivity contribution in [1.82, 2.24) is 14.7 Å². The molecule has 11 nitrogen and oxygen atoms in total. The number of carbonyl (C=O) groups is 3. The minimum absolute atomic E-state index is 0.0928. The second-order valence-corrected chi connectivity index (χ2v) is 10.0. The Kier molecular flexibility index (Phi) is 11.0. The zero-order chi connectivity index (χ0) is 30.1. The van der Waals surface area contributed by atoms with E-state index in [-0.39, 0.29) is 43.7 Å². The molecule has 1 N–H and O–H groups in total. The van der Waals surface area contributed by atoms with Crippen molar-refractivity contribution in [3.63, 3.8) is 0 Å². The number of rotatable bonds is 18. The number of hydrogen-bond donors (Lipinski definition) is 1. The fraction of sp³-hybridized carbons (Fsp3) is 0.500. The summed E-state index contributed by atoms with van der Waals surface area (Å²) in [5.41, 5.74) is 2.72. The zero-order valence-corrected chi connectivity index (χ0v) is 24.0. The van der Waals surface area contributed by atoms with Gasteiger partial charge < -0.3 is 41.9 Å². The molecule has 0 aliphatic carbocycles. The van der Waals surface area contributed by atoms with Crippen LogP contribution in [0.3, 0.4) is 0 Å². The van der Waals surface area contributed by atoms with Crippen molar-refractivity contribution in [3.05, 3.63) is 53.0 Å². The van der Waals surface area contributed by atoms with Crippen LogP contribution in [-0.4, -0.2) is 110 Å². The topological polar surface area (TPSA) is 111 Å². The summed E-state index contributed by atoms with van der Waals surface area (Å²) >= 11 is 0. The van der Waals surface area contributed by atoms with E-state index in [9.17, 15) is 14.4 Å². The van der Waals surface area contributed by atoms with Crippen LogP contribution in [-0.2, 0) is 33.3 Å². The Balaban J connectivity index is 0.989. The lowest BCUT2D eigenvalue weighted by Crippen LogP contribution is -2.50. The van der Waals surface area contributed by atoms with Crippen molar-refractivity contribution in [3.8, 4) is 0 Å². The second-order valence-electron chi connectivity index (χ2n) is 10.0. The number of imide groups is 1. The Morgan fingerprint density at radius 3 is 2.12 bits per heavy atom. The third-order valence-electron chi connectivity index (χ3n) is 7.06. The normalized spacial score (nSPS) is 16.9. The molecule has 3 aliphatic rings. The van der Waals surface area contributed by atoms with Gasteiger partial charge in [0.2, 0.25) is 5.91 Å². The largest absolute Gasteiger partial charge is 0.737 e. The number of aryl methyl sites for hydroxylation is 2. The fourth-order valence-corrected chi connectivity index (χ4v) is 5.06. The summed E-state index contributed by atoms with van der Waals surface area (Å²) in [4.78, 5) is 36.2. The summed E-state index contributed by atoms with van der Waals surface area (Å²) in [5, 5.41) is 2.75. The summed E-state index contributed by atoms with van der Waals surface area (Å²) in [5.74, 6) is -0.887. The average Bonchev–Trinajstić information content (AvgIpc) is 3.60. The van der Waals surface area contributed by atoms with Crippen LogP contribution in [0.15, 0.2) is 36.1 Å². The SMILES string of the molecule is Cc1cc(C)n2c1C=C1C=CC(CCC(=O)NCCOCCOCCOCCOCCN3C(=O)C=CC3=O)=[N+]1[B-]2(F)F. The van der Waals surface area contributed by atoms with Gasteiger partial charge in [-0.15, -0.1) is 0 Å². The third kappa shape index (κ3) is 7.68. The summed E-state index contributed by atoms with van der Waals surface area (Å²) in [6, 6.07) is 1.76. The van der Waals surface area contributed by atoms with Crippen molar-refractivity contribution in [2.75, 3.05) is 65.9 Å². The number of carbonyl (C=O) groups excluding carboxylic acids is 3. The maximum Gasteiger partial charge on any atom is 0.737 e. The Labute approximate surface area is 243 Å². The first kappa shape index (κ1) is 31.5. The highest BCUT2D eigenvalue weighted by Gasteiger charge is 2.52. The quantitative estimate of drug-likeness (QED) is 0.157. The predicted octanol–water partition coefficient (Wildman–Crippen LogP) is 1.59. The first-order valence-electron chi connectivity index (χ1n) is 14.1. The first-order valence-corrected chi connectivity index (χ1v) is 14.1. The molecule has 0 saturated carbocycles. The molecule has 14 heteroatoms. The number of allylic oxidation sites excluding steroid dienone is 2.